The van der Waals surface area contributed by atoms with Crippen LogP contribution in [0.5, 0.6) is 0 Å². The van der Waals surface area contributed by atoms with Gasteiger partial charge in [-0.2, -0.15) is 0 Å². The fraction of sp³-hybridized carbons (Fsp3) is 0.333. The van der Waals surface area contributed by atoms with Crippen molar-refractivity contribution in [2.45, 2.75) is 23.6 Å². The Bertz CT molecular complexity index is 276. The Hall–Kier alpha value is -1.03. The molecule has 1 unspecified atom stereocenters. The minimum Gasteiger partial charge on any atom is -0.263 e. The quantitative estimate of drug-likeness (QED) is 0.322. The summed E-state index contributed by atoms with van der Waals surface area (Å²) in [6, 6.07) is 9.44. The molecule has 0 amide bonds. The van der Waals surface area contributed by atoms with Gasteiger partial charge in [-0.1, -0.05) is 25.1 Å². The van der Waals surface area contributed by atoms with Gasteiger partial charge in [0, 0.05) is 16.2 Å². The Morgan fingerprint density at radius 3 is 2.54 bits per heavy atom. The molecule has 0 fully saturated rings. The fourth-order valence-electron chi connectivity index (χ4n) is 0.932. The molecule has 0 aliphatic carbocycles. The van der Waals surface area contributed by atoms with Crippen LogP contribution in [0.2, 0.25) is 0 Å². The van der Waals surface area contributed by atoms with Gasteiger partial charge in [0.05, 0.1) is 0 Å². The van der Waals surface area contributed by atoms with Crippen molar-refractivity contribution < 1.29 is 4.92 Å². The predicted molar refractivity (Wildman–Crippen MR) is 53.4 cm³/mol. The predicted octanol–water partition coefficient (Wildman–Crippen LogP) is 2.79. The minimum absolute atomic E-state index is 0.238. The Morgan fingerprint density at radius 2 is 2.08 bits per heavy atom. The number of benzene rings is 1. The first kappa shape index (κ1) is 10.1. The Balaban J connectivity index is 2.62. The number of rotatable bonds is 4. The van der Waals surface area contributed by atoms with Crippen molar-refractivity contribution in [2.24, 2.45) is 0 Å². The van der Waals surface area contributed by atoms with Gasteiger partial charge in [0.25, 0.3) is 5.37 Å². The van der Waals surface area contributed by atoms with Gasteiger partial charge in [0.2, 0.25) is 0 Å². The van der Waals surface area contributed by atoms with E-state index in [0.29, 0.717) is 6.42 Å². The summed E-state index contributed by atoms with van der Waals surface area (Å²) in [5.41, 5.74) is 0. The Labute approximate surface area is 81.3 Å². The number of nitrogens with zero attached hydrogens (tertiary/aromatic N) is 1. The highest BCUT2D eigenvalue weighted by Crippen LogP contribution is 2.24. The second-order valence-electron chi connectivity index (χ2n) is 2.58. The lowest BCUT2D eigenvalue weighted by molar-refractivity contribution is -0.495. The van der Waals surface area contributed by atoms with Gasteiger partial charge in [-0.25, -0.2) is 0 Å². The van der Waals surface area contributed by atoms with Crippen molar-refractivity contribution >= 4 is 11.8 Å². The van der Waals surface area contributed by atoms with Crippen molar-refractivity contribution in [3.05, 3.63) is 40.4 Å². The smallest absolute Gasteiger partial charge is 0.262 e. The summed E-state index contributed by atoms with van der Waals surface area (Å²) in [7, 11) is 0. The Kier molecular flexibility index (Phi) is 3.76. The lowest BCUT2D eigenvalue weighted by Gasteiger charge is -2.05. The van der Waals surface area contributed by atoms with E-state index in [4.69, 9.17) is 0 Å². The first-order valence-corrected chi connectivity index (χ1v) is 4.97. The summed E-state index contributed by atoms with van der Waals surface area (Å²) < 4.78 is 0. The average Bonchev–Trinajstić information content (AvgIpc) is 2.15. The molecular weight excluding hydrogens is 186 g/mol. The highest BCUT2D eigenvalue weighted by Gasteiger charge is 2.18. The van der Waals surface area contributed by atoms with Crippen LogP contribution in [0.15, 0.2) is 35.2 Å². The van der Waals surface area contributed by atoms with Crippen LogP contribution in [0, 0.1) is 10.1 Å². The summed E-state index contributed by atoms with van der Waals surface area (Å²) in [5, 5.41) is 9.99. The molecule has 1 rings (SSSR count). The van der Waals surface area contributed by atoms with E-state index in [0.717, 1.165) is 4.90 Å². The maximum Gasteiger partial charge on any atom is 0.262 e. The summed E-state index contributed by atoms with van der Waals surface area (Å²) in [5.74, 6) is 0. The fourth-order valence-corrected chi connectivity index (χ4v) is 1.81. The number of thioether (sulfide) groups is 1. The van der Waals surface area contributed by atoms with Crippen LogP contribution < -0.4 is 0 Å². The first-order chi connectivity index (χ1) is 6.24. The van der Waals surface area contributed by atoms with E-state index in [-0.39, 0.29) is 4.92 Å². The molecule has 0 saturated carbocycles. The van der Waals surface area contributed by atoms with Gasteiger partial charge < -0.3 is 0 Å². The second-order valence-corrected chi connectivity index (χ2v) is 3.83. The standard InChI is InChI=1S/C9H11NO2S/c1-2-9(10(11)12)13-8-6-4-3-5-7-8/h3-7,9H,2H2,1H3. The molecule has 0 bridgehead atoms. The first-order valence-electron chi connectivity index (χ1n) is 4.09. The SMILES string of the molecule is CCC(Sc1ccccc1)[N+](=O)[O-]. The summed E-state index contributed by atoms with van der Waals surface area (Å²) in [6.45, 7) is 1.82. The van der Waals surface area contributed by atoms with E-state index in [1.807, 2.05) is 37.3 Å². The van der Waals surface area contributed by atoms with Crippen LogP contribution in [-0.4, -0.2) is 10.3 Å². The zero-order valence-corrected chi connectivity index (χ0v) is 8.16. The van der Waals surface area contributed by atoms with Crippen LogP contribution >= 0.6 is 11.8 Å². The highest BCUT2D eigenvalue weighted by atomic mass is 32.2. The average molecular weight is 197 g/mol. The van der Waals surface area contributed by atoms with E-state index in [9.17, 15) is 10.1 Å². The maximum absolute atomic E-state index is 10.5. The Morgan fingerprint density at radius 1 is 1.46 bits per heavy atom. The molecule has 3 nitrogen and oxygen atoms in total. The zero-order chi connectivity index (χ0) is 9.68. The van der Waals surface area contributed by atoms with Crippen LogP contribution in [0.25, 0.3) is 0 Å². The molecule has 70 valence electrons. The van der Waals surface area contributed by atoms with Crippen molar-refractivity contribution in [1.82, 2.24) is 0 Å². The van der Waals surface area contributed by atoms with Gasteiger partial charge in [-0.05, 0) is 23.9 Å². The topological polar surface area (TPSA) is 43.1 Å². The normalized spacial score (nSPS) is 12.4. The molecule has 4 heteroatoms. The zero-order valence-electron chi connectivity index (χ0n) is 7.34. The van der Waals surface area contributed by atoms with Crippen molar-refractivity contribution in [1.29, 1.82) is 0 Å². The molecule has 1 aromatic carbocycles. The second kappa shape index (κ2) is 4.87. The molecule has 0 saturated heterocycles. The van der Waals surface area contributed by atoms with Gasteiger partial charge in [0.15, 0.2) is 0 Å². The molecule has 13 heavy (non-hydrogen) atoms. The van der Waals surface area contributed by atoms with E-state index < -0.39 is 5.37 Å². The molecule has 0 aromatic heterocycles. The van der Waals surface area contributed by atoms with Crippen LogP contribution in [0.3, 0.4) is 0 Å². The van der Waals surface area contributed by atoms with Gasteiger partial charge in [-0.3, -0.25) is 10.1 Å². The maximum atomic E-state index is 10.5. The van der Waals surface area contributed by atoms with E-state index >= 15 is 0 Å². The molecule has 1 atom stereocenters. The molecule has 1 aromatic rings. The number of hydrogen-bond acceptors (Lipinski definition) is 3. The molecule has 0 aliphatic heterocycles. The van der Waals surface area contributed by atoms with Gasteiger partial charge in [-0.15, -0.1) is 0 Å². The molecular formula is C9H11NO2S. The van der Waals surface area contributed by atoms with Crippen molar-refractivity contribution in [3.8, 4) is 0 Å². The number of nitro groups is 1. The molecule has 0 spiro atoms. The van der Waals surface area contributed by atoms with Crippen LogP contribution in [0.1, 0.15) is 13.3 Å². The van der Waals surface area contributed by atoms with Crippen LogP contribution in [0.4, 0.5) is 0 Å². The monoisotopic (exact) mass is 197 g/mol. The third kappa shape index (κ3) is 3.06. The molecule has 0 radical (unpaired) electrons. The van der Waals surface area contributed by atoms with Crippen LogP contribution in [-0.2, 0) is 0 Å². The molecule has 0 heterocycles. The minimum atomic E-state index is -0.526. The lowest BCUT2D eigenvalue weighted by Crippen LogP contribution is -2.13. The summed E-state index contributed by atoms with van der Waals surface area (Å²) >= 11 is 1.30. The largest absolute Gasteiger partial charge is 0.263 e. The highest BCUT2D eigenvalue weighted by molar-refractivity contribution is 7.99. The summed E-state index contributed by atoms with van der Waals surface area (Å²) in [6.07, 6.45) is 0.548. The van der Waals surface area contributed by atoms with E-state index in [1.54, 1.807) is 0 Å². The van der Waals surface area contributed by atoms with Gasteiger partial charge >= 0.3 is 0 Å². The third-order valence-corrected chi connectivity index (χ3v) is 2.92. The van der Waals surface area contributed by atoms with Crippen molar-refractivity contribution in [2.75, 3.05) is 0 Å². The third-order valence-electron chi connectivity index (χ3n) is 1.60. The number of hydrogen-bond donors (Lipinski definition) is 0. The van der Waals surface area contributed by atoms with Crippen molar-refractivity contribution in [3.63, 3.8) is 0 Å². The van der Waals surface area contributed by atoms with E-state index in [1.165, 1.54) is 11.8 Å². The molecule has 0 aliphatic rings. The van der Waals surface area contributed by atoms with Gasteiger partial charge in [0.1, 0.15) is 0 Å². The van der Waals surface area contributed by atoms with E-state index in [2.05, 4.69) is 0 Å². The lowest BCUT2D eigenvalue weighted by atomic mass is 10.4. The summed E-state index contributed by atoms with van der Waals surface area (Å²) in [4.78, 5) is 11.2. The molecule has 0 N–H and O–H groups in total.